The molecule has 24 heavy (non-hydrogen) atoms. The SMILES string of the molecule is CC(C)(C)OC(=O)N1CC=C(c2ncn(Cc3ccccc3)n2)C1. The van der Waals surface area contributed by atoms with E-state index in [1.807, 2.05) is 49.7 Å². The molecule has 1 aromatic carbocycles. The third-order valence-electron chi connectivity index (χ3n) is 3.58. The maximum absolute atomic E-state index is 12.1. The lowest BCUT2D eigenvalue weighted by Gasteiger charge is -2.24. The molecule has 1 aliphatic heterocycles. The number of rotatable bonds is 3. The number of ether oxygens (including phenoxy) is 1. The molecule has 0 unspecified atom stereocenters. The molecule has 2 aromatic rings. The van der Waals surface area contributed by atoms with Crippen LogP contribution in [0, 0.1) is 0 Å². The van der Waals surface area contributed by atoms with E-state index in [-0.39, 0.29) is 6.09 Å². The van der Waals surface area contributed by atoms with Gasteiger partial charge in [-0.05, 0) is 26.3 Å². The molecule has 3 rings (SSSR count). The summed E-state index contributed by atoms with van der Waals surface area (Å²) < 4.78 is 7.20. The van der Waals surface area contributed by atoms with E-state index in [1.54, 1.807) is 11.2 Å². The van der Waals surface area contributed by atoms with Crippen LogP contribution < -0.4 is 0 Å². The second kappa shape index (κ2) is 6.47. The van der Waals surface area contributed by atoms with Crippen LogP contribution in [0.2, 0.25) is 0 Å². The molecular weight excluding hydrogens is 304 g/mol. The lowest BCUT2D eigenvalue weighted by Crippen LogP contribution is -2.35. The molecule has 1 aliphatic rings. The number of hydrogen-bond acceptors (Lipinski definition) is 4. The van der Waals surface area contributed by atoms with Crippen molar-refractivity contribution < 1.29 is 9.53 Å². The van der Waals surface area contributed by atoms with Gasteiger partial charge in [0, 0.05) is 12.1 Å². The van der Waals surface area contributed by atoms with Crippen molar-refractivity contribution in [2.24, 2.45) is 0 Å². The maximum Gasteiger partial charge on any atom is 0.410 e. The van der Waals surface area contributed by atoms with Crippen molar-refractivity contribution in [1.29, 1.82) is 0 Å². The van der Waals surface area contributed by atoms with Crippen molar-refractivity contribution in [3.63, 3.8) is 0 Å². The van der Waals surface area contributed by atoms with Crippen molar-refractivity contribution >= 4 is 11.7 Å². The van der Waals surface area contributed by atoms with Gasteiger partial charge in [-0.3, -0.25) is 4.90 Å². The highest BCUT2D eigenvalue weighted by Crippen LogP contribution is 2.20. The highest BCUT2D eigenvalue weighted by molar-refractivity contribution is 5.75. The van der Waals surface area contributed by atoms with Gasteiger partial charge in [0.05, 0.1) is 13.1 Å². The Bertz CT molecular complexity index is 744. The third kappa shape index (κ3) is 4.01. The van der Waals surface area contributed by atoms with E-state index in [0.717, 1.165) is 5.57 Å². The number of nitrogens with zero attached hydrogens (tertiary/aromatic N) is 4. The summed E-state index contributed by atoms with van der Waals surface area (Å²) in [6, 6.07) is 10.1. The molecule has 0 bridgehead atoms. The Labute approximate surface area is 141 Å². The predicted molar refractivity (Wildman–Crippen MR) is 91.4 cm³/mol. The number of carbonyl (C=O) groups excluding carboxylic acids is 1. The minimum Gasteiger partial charge on any atom is -0.444 e. The zero-order chi connectivity index (χ0) is 17.2. The molecule has 1 aromatic heterocycles. The number of amides is 1. The number of benzene rings is 1. The molecular formula is C18H22N4O2. The van der Waals surface area contributed by atoms with E-state index in [2.05, 4.69) is 22.2 Å². The van der Waals surface area contributed by atoms with E-state index in [0.29, 0.717) is 25.5 Å². The van der Waals surface area contributed by atoms with Crippen LogP contribution in [0.3, 0.4) is 0 Å². The fraction of sp³-hybridized carbons (Fsp3) is 0.389. The van der Waals surface area contributed by atoms with Crippen molar-refractivity contribution in [1.82, 2.24) is 19.7 Å². The van der Waals surface area contributed by atoms with Crippen LogP contribution in [0.15, 0.2) is 42.7 Å². The molecule has 2 heterocycles. The topological polar surface area (TPSA) is 60.2 Å². The highest BCUT2D eigenvalue weighted by Gasteiger charge is 2.26. The van der Waals surface area contributed by atoms with Crippen LogP contribution in [-0.2, 0) is 11.3 Å². The van der Waals surface area contributed by atoms with Gasteiger partial charge in [0.1, 0.15) is 11.9 Å². The molecule has 6 nitrogen and oxygen atoms in total. The van der Waals surface area contributed by atoms with E-state index in [1.165, 1.54) is 5.56 Å². The van der Waals surface area contributed by atoms with E-state index in [4.69, 9.17) is 4.74 Å². The van der Waals surface area contributed by atoms with Gasteiger partial charge in [-0.25, -0.2) is 14.5 Å². The minimum absolute atomic E-state index is 0.308. The van der Waals surface area contributed by atoms with Crippen molar-refractivity contribution in [2.75, 3.05) is 13.1 Å². The first kappa shape index (κ1) is 16.2. The molecule has 0 radical (unpaired) electrons. The Morgan fingerprint density at radius 3 is 2.71 bits per heavy atom. The first-order valence-electron chi connectivity index (χ1n) is 8.01. The van der Waals surface area contributed by atoms with Crippen LogP contribution in [0.4, 0.5) is 4.79 Å². The predicted octanol–water partition coefficient (Wildman–Crippen LogP) is 2.96. The van der Waals surface area contributed by atoms with Crippen LogP contribution >= 0.6 is 0 Å². The number of carbonyl (C=O) groups is 1. The van der Waals surface area contributed by atoms with Gasteiger partial charge < -0.3 is 4.74 Å². The fourth-order valence-corrected chi connectivity index (χ4v) is 2.47. The van der Waals surface area contributed by atoms with Gasteiger partial charge in [0.2, 0.25) is 0 Å². The first-order valence-corrected chi connectivity index (χ1v) is 8.01. The van der Waals surface area contributed by atoms with Crippen LogP contribution in [0.25, 0.3) is 5.57 Å². The third-order valence-corrected chi connectivity index (χ3v) is 3.58. The average molecular weight is 326 g/mol. The summed E-state index contributed by atoms with van der Waals surface area (Å²) in [6.07, 6.45) is 3.39. The van der Waals surface area contributed by atoms with Crippen LogP contribution in [-0.4, -0.2) is 44.4 Å². The van der Waals surface area contributed by atoms with Gasteiger partial charge in [0.25, 0.3) is 0 Å². The Morgan fingerprint density at radius 2 is 2.00 bits per heavy atom. The van der Waals surface area contributed by atoms with Gasteiger partial charge >= 0.3 is 6.09 Å². The minimum atomic E-state index is -0.491. The van der Waals surface area contributed by atoms with Crippen molar-refractivity contribution in [3.05, 3.63) is 54.1 Å². The zero-order valence-corrected chi connectivity index (χ0v) is 14.3. The standard InChI is InChI=1S/C18H22N4O2/c1-18(2,3)24-17(23)21-10-9-15(12-21)16-19-13-22(20-16)11-14-7-5-4-6-8-14/h4-9,13H,10-12H2,1-3H3. The highest BCUT2D eigenvalue weighted by atomic mass is 16.6. The molecule has 1 amide bonds. The van der Waals surface area contributed by atoms with Crippen LogP contribution in [0.5, 0.6) is 0 Å². The van der Waals surface area contributed by atoms with E-state index in [9.17, 15) is 4.79 Å². The summed E-state index contributed by atoms with van der Waals surface area (Å²) in [7, 11) is 0. The molecule has 0 saturated carbocycles. The average Bonchev–Trinajstić information content (AvgIpc) is 3.15. The second-order valence-corrected chi connectivity index (χ2v) is 6.84. The monoisotopic (exact) mass is 326 g/mol. The molecule has 0 N–H and O–H groups in total. The summed E-state index contributed by atoms with van der Waals surface area (Å²) in [6.45, 7) is 7.27. The van der Waals surface area contributed by atoms with Crippen LogP contribution in [0.1, 0.15) is 32.2 Å². The van der Waals surface area contributed by atoms with Gasteiger partial charge in [0.15, 0.2) is 5.82 Å². The lowest BCUT2D eigenvalue weighted by molar-refractivity contribution is 0.0306. The molecule has 0 atom stereocenters. The summed E-state index contributed by atoms with van der Waals surface area (Å²) in [4.78, 5) is 18.1. The summed E-state index contributed by atoms with van der Waals surface area (Å²) in [5.74, 6) is 0.664. The number of aromatic nitrogens is 3. The largest absolute Gasteiger partial charge is 0.444 e. The van der Waals surface area contributed by atoms with Gasteiger partial charge in [-0.15, -0.1) is 0 Å². The van der Waals surface area contributed by atoms with E-state index < -0.39 is 5.60 Å². The normalized spacial score (nSPS) is 14.6. The Kier molecular flexibility index (Phi) is 4.38. The Hall–Kier alpha value is -2.63. The lowest BCUT2D eigenvalue weighted by atomic mass is 10.2. The van der Waals surface area contributed by atoms with Gasteiger partial charge in [-0.2, -0.15) is 5.10 Å². The first-order chi connectivity index (χ1) is 11.4. The fourth-order valence-electron chi connectivity index (χ4n) is 2.47. The summed E-state index contributed by atoms with van der Waals surface area (Å²) in [5, 5.41) is 4.51. The molecule has 0 spiro atoms. The molecule has 126 valence electrons. The summed E-state index contributed by atoms with van der Waals surface area (Å²) in [5.41, 5.74) is 1.63. The molecule has 0 aliphatic carbocycles. The van der Waals surface area contributed by atoms with Crippen molar-refractivity contribution in [2.45, 2.75) is 32.9 Å². The smallest absolute Gasteiger partial charge is 0.410 e. The number of hydrogen-bond donors (Lipinski definition) is 0. The van der Waals surface area contributed by atoms with Gasteiger partial charge in [-0.1, -0.05) is 36.4 Å². The molecule has 6 heteroatoms. The quantitative estimate of drug-likeness (QED) is 0.870. The maximum atomic E-state index is 12.1. The Morgan fingerprint density at radius 1 is 1.25 bits per heavy atom. The second-order valence-electron chi connectivity index (χ2n) is 6.84. The summed E-state index contributed by atoms with van der Waals surface area (Å²) >= 11 is 0. The Balaban J connectivity index is 1.61. The molecule has 0 fully saturated rings. The van der Waals surface area contributed by atoms with Crippen molar-refractivity contribution in [3.8, 4) is 0 Å². The zero-order valence-electron chi connectivity index (χ0n) is 14.3. The van der Waals surface area contributed by atoms with E-state index >= 15 is 0 Å². The molecule has 0 saturated heterocycles.